The molecule has 2 aliphatic rings. The molecule has 29 heavy (non-hydrogen) atoms. The lowest BCUT2D eigenvalue weighted by atomic mass is 10.0. The molecule has 2 aromatic rings. The molecule has 1 amide bonds. The first kappa shape index (κ1) is 21.8. The maximum absolute atomic E-state index is 13.6. The Morgan fingerprint density at radius 3 is 2.69 bits per heavy atom. The normalized spacial score (nSPS) is 16.4. The number of carbonyl (C=O) groups excluding carboxylic acids is 1. The van der Waals surface area contributed by atoms with Crippen molar-refractivity contribution in [2.75, 3.05) is 19.6 Å². The molecule has 1 N–H and O–H groups in total. The summed E-state index contributed by atoms with van der Waals surface area (Å²) in [5, 5.41) is 8.31. The SMILES string of the molecule is CCCN(C(=O)c1nn(-c2ccc(C)cc2C)c2c1CCC2)C1CCNCC1.Cl. The van der Waals surface area contributed by atoms with Crippen LogP contribution in [0.25, 0.3) is 5.69 Å². The lowest BCUT2D eigenvalue weighted by Crippen LogP contribution is -2.46. The number of amides is 1. The first-order valence-corrected chi connectivity index (χ1v) is 10.8. The van der Waals surface area contributed by atoms with E-state index < -0.39 is 0 Å². The van der Waals surface area contributed by atoms with Crippen molar-refractivity contribution < 1.29 is 4.79 Å². The highest BCUT2D eigenvalue weighted by atomic mass is 35.5. The number of nitrogens with zero attached hydrogens (tertiary/aromatic N) is 3. The molecule has 0 radical (unpaired) electrons. The molecule has 1 aliphatic carbocycles. The van der Waals surface area contributed by atoms with Crippen LogP contribution in [0.1, 0.15) is 65.5 Å². The molecule has 2 heterocycles. The van der Waals surface area contributed by atoms with E-state index in [9.17, 15) is 4.79 Å². The second-order valence-corrected chi connectivity index (χ2v) is 8.31. The summed E-state index contributed by atoms with van der Waals surface area (Å²) in [4.78, 5) is 15.7. The van der Waals surface area contributed by atoms with Crippen molar-refractivity contribution in [2.45, 2.75) is 65.3 Å². The van der Waals surface area contributed by atoms with Gasteiger partial charge in [0.05, 0.1) is 5.69 Å². The van der Waals surface area contributed by atoms with Gasteiger partial charge >= 0.3 is 0 Å². The van der Waals surface area contributed by atoms with Crippen molar-refractivity contribution in [3.63, 3.8) is 0 Å². The number of fused-ring (bicyclic) bond motifs is 1. The van der Waals surface area contributed by atoms with Crippen LogP contribution in [0.4, 0.5) is 0 Å². The van der Waals surface area contributed by atoms with Crippen molar-refractivity contribution >= 4 is 18.3 Å². The number of carbonyl (C=O) groups is 1. The third-order valence-electron chi connectivity index (χ3n) is 6.19. The zero-order chi connectivity index (χ0) is 19.7. The molecular weight excluding hydrogens is 384 g/mol. The van der Waals surface area contributed by atoms with Crippen LogP contribution in [-0.4, -0.2) is 46.3 Å². The number of hydrogen-bond acceptors (Lipinski definition) is 3. The van der Waals surface area contributed by atoms with Crippen molar-refractivity contribution in [2.24, 2.45) is 0 Å². The van der Waals surface area contributed by atoms with Gasteiger partial charge < -0.3 is 10.2 Å². The second kappa shape index (κ2) is 9.31. The van der Waals surface area contributed by atoms with Crippen molar-refractivity contribution in [3.05, 3.63) is 46.3 Å². The molecule has 4 rings (SSSR count). The number of benzene rings is 1. The van der Waals surface area contributed by atoms with Gasteiger partial charge in [0.25, 0.3) is 5.91 Å². The number of aromatic nitrogens is 2. The fourth-order valence-corrected chi connectivity index (χ4v) is 4.80. The predicted octanol–water partition coefficient (Wildman–Crippen LogP) is 4.00. The predicted molar refractivity (Wildman–Crippen MR) is 120 cm³/mol. The summed E-state index contributed by atoms with van der Waals surface area (Å²) in [6.45, 7) is 9.20. The standard InChI is InChI=1S/C23H32N4O.ClH/c1-4-14-26(18-10-12-24-13-11-18)23(28)22-19-6-5-7-21(19)27(25-22)20-9-8-16(2)15-17(20)3;/h8-9,15,18,24H,4-7,10-14H2,1-3H3;1H. The number of halogens is 1. The molecule has 1 aromatic heterocycles. The van der Waals surface area contributed by atoms with E-state index in [1.54, 1.807) is 0 Å². The Kier molecular flexibility index (Phi) is 7.01. The summed E-state index contributed by atoms with van der Waals surface area (Å²) in [6.07, 6.45) is 6.13. The Morgan fingerprint density at radius 2 is 2.00 bits per heavy atom. The maximum atomic E-state index is 13.6. The number of rotatable bonds is 5. The molecule has 6 heteroatoms. The summed E-state index contributed by atoms with van der Waals surface area (Å²) in [5.41, 5.74) is 6.67. The van der Waals surface area contributed by atoms with Crippen molar-refractivity contribution in [3.8, 4) is 5.69 Å². The topological polar surface area (TPSA) is 50.2 Å². The largest absolute Gasteiger partial charge is 0.334 e. The third-order valence-corrected chi connectivity index (χ3v) is 6.19. The van der Waals surface area contributed by atoms with Gasteiger partial charge in [-0.3, -0.25) is 4.79 Å². The van der Waals surface area contributed by atoms with Gasteiger partial charge in [-0.25, -0.2) is 4.68 Å². The molecule has 0 atom stereocenters. The number of aryl methyl sites for hydroxylation is 2. The average molecular weight is 417 g/mol. The fraction of sp³-hybridized carbons (Fsp3) is 0.565. The lowest BCUT2D eigenvalue weighted by Gasteiger charge is -2.34. The lowest BCUT2D eigenvalue weighted by molar-refractivity contribution is 0.0635. The summed E-state index contributed by atoms with van der Waals surface area (Å²) in [6, 6.07) is 6.79. The van der Waals surface area contributed by atoms with Crippen LogP contribution in [-0.2, 0) is 12.8 Å². The Balaban J connectivity index is 0.00000240. The van der Waals surface area contributed by atoms with Crippen LogP contribution < -0.4 is 5.32 Å². The molecule has 0 unspecified atom stereocenters. The van der Waals surface area contributed by atoms with Gasteiger partial charge in [0.2, 0.25) is 0 Å². The van der Waals surface area contributed by atoms with E-state index in [4.69, 9.17) is 5.10 Å². The molecule has 5 nitrogen and oxygen atoms in total. The first-order chi connectivity index (χ1) is 13.6. The van der Waals surface area contributed by atoms with E-state index >= 15 is 0 Å². The van der Waals surface area contributed by atoms with E-state index in [0.29, 0.717) is 11.7 Å². The first-order valence-electron chi connectivity index (χ1n) is 10.8. The maximum Gasteiger partial charge on any atom is 0.274 e. The van der Waals surface area contributed by atoms with E-state index in [1.165, 1.54) is 22.4 Å². The third kappa shape index (κ3) is 4.22. The van der Waals surface area contributed by atoms with Gasteiger partial charge in [-0.2, -0.15) is 5.10 Å². The van der Waals surface area contributed by atoms with Crippen LogP contribution in [0.15, 0.2) is 18.2 Å². The molecule has 1 aromatic carbocycles. The zero-order valence-corrected chi connectivity index (χ0v) is 18.6. The van der Waals surface area contributed by atoms with Crippen molar-refractivity contribution in [1.82, 2.24) is 20.0 Å². The molecule has 1 saturated heterocycles. The van der Waals surface area contributed by atoms with Gasteiger partial charge in [0, 0.05) is 23.8 Å². The van der Waals surface area contributed by atoms with Gasteiger partial charge in [-0.1, -0.05) is 24.6 Å². The Hall–Kier alpha value is -1.85. The van der Waals surface area contributed by atoms with Crippen LogP contribution in [0.3, 0.4) is 0 Å². The Morgan fingerprint density at radius 1 is 1.24 bits per heavy atom. The van der Waals surface area contributed by atoms with Crippen LogP contribution in [0, 0.1) is 13.8 Å². The Bertz CT molecular complexity index is 870. The highest BCUT2D eigenvalue weighted by Gasteiger charge is 2.32. The summed E-state index contributed by atoms with van der Waals surface area (Å²) < 4.78 is 2.05. The average Bonchev–Trinajstić information content (AvgIpc) is 3.29. The van der Waals surface area contributed by atoms with E-state index in [-0.39, 0.29) is 18.3 Å². The molecule has 1 aliphatic heterocycles. The molecular formula is C23H33ClN4O. The second-order valence-electron chi connectivity index (χ2n) is 8.31. The number of piperidine rings is 1. The van der Waals surface area contributed by atoms with Crippen LogP contribution in [0.5, 0.6) is 0 Å². The molecule has 1 fully saturated rings. The van der Waals surface area contributed by atoms with Gasteiger partial charge in [0.1, 0.15) is 0 Å². The van der Waals surface area contributed by atoms with Gasteiger partial charge in [-0.05, 0) is 77.1 Å². The summed E-state index contributed by atoms with van der Waals surface area (Å²) in [7, 11) is 0. The molecule has 0 saturated carbocycles. The zero-order valence-electron chi connectivity index (χ0n) is 17.8. The van der Waals surface area contributed by atoms with E-state index in [0.717, 1.165) is 63.8 Å². The minimum atomic E-state index is 0. The molecule has 0 spiro atoms. The summed E-state index contributed by atoms with van der Waals surface area (Å²) >= 11 is 0. The van der Waals surface area contributed by atoms with E-state index in [2.05, 4.69) is 53.9 Å². The smallest absolute Gasteiger partial charge is 0.274 e. The molecule has 158 valence electrons. The minimum absolute atomic E-state index is 0. The van der Waals surface area contributed by atoms with Crippen LogP contribution in [0.2, 0.25) is 0 Å². The minimum Gasteiger partial charge on any atom is -0.334 e. The van der Waals surface area contributed by atoms with Crippen LogP contribution >= 0.6 is 12.4 Å². The number of hydrogen-bond donors (Lipinski definition) is 1. The molecule has 0 bridgehead atoms. The highest BCUT2D eigenvalue weighted by molar-refractivity contribution is 5.94. The monoisotopic (exact) mass is 416 g/mol. The fourth-order valence-electron chi connectivity index (χ4n) is 4.80. The van der Waals surface area contributed by atoms with E-state index in [1.807, 2.05) is 0 Å². The highest BCUT2D eigenvalue weighted by Crippen LogP contribution is 2.30. The quantitative estimate of drug-likeness (QED) is 0.801. The van der Waals surface area contributed by atoms with Gasteiger partial charge in [0.15, 0.2) is 5.69 Å². The van der Waals surface area contributed by atoms with Crippen molar-refractivity contribution in [1.29, 1.82) is 0 Å². The Labute approximate surface area is 180 Å². The summed E-state index contributed by atoms with van der Waals surface area (Å²) in [5.74, 6) is 0.135. The number of nitrogens with one attached hydrogen (secondary N) is 1. The van der Waals surface area contributed by atoms with Gasteiger partial charge in [-0.15, -0.1) is 12.4 Å².